The summed E-state index contributed by atoms with van der Waals surface area (Å²) in [5.41, 5.74) is 0. The van der Waals surface area contributed by atoms with Crippen molar-refractivity contribution in [3.8, 4) is 0 Å². The first kappa shape index (κ1) is 17.1. The molecule has 3 rings (SSSR count). The van der Waals surface area contributed by atoms with Gasteiger partial charge >= 0.3 is 0 Å². The molecule has 1 heterocycles. The third-order valence-corrected chi connectivity index (χ3v) is 6.17. The van der Waals surface area contributed by atoms with Crippen LogP contribution in [0.15, 0.2) is 29.2 Å². The van der Waals surface area contributed by atoms with Crippen LogP contribution in [0, 0.1) is 5.92 Å². The van der Waals surface area contributed by atoms with Gasteiger partial charge in [-0.15, -0.1) is 11.8 Å². The number of benzene rings is 1. The van der Waals surface area contributed by atoms with E-state index in [0.29, 0.717) is 12.5 Å². The lowest BCUT2D eigenvalue weighted by atomic mass is 10.0. The summed E-state index contributed by atoms with van der Waals surface area (Å²) < 4.78 is 0. The van der Waals surface area contributed by atoms with Crippen LogP contribution in [-0.4, -0.2) is 42.2 Å². The number of carbonyl (C=O) groups excluding carboxylic acids is 1. The summed E-state index contributed by atoms with van der Waals surface area (Å²) in [5.74, 6) is 2.00. The van der Waals surface area contributed by atoms with Crippen molar-refractivity contribution in [3.63, 3.8) is 0 Å². The Bertz CT molecular complexity index is 528. The third kappa shape index (κ3) is 5.40. The van der Waals surface area contributed by atoms with Gasteiger partial charge in [0, 0.05) is 36.2 Å². The smallest absolute Gasteiger partial charge is 0.223 e. The molecule has 1 saturated heterocycles. The van der Waals surface area contributed by atoms with Gasteiger partial charge in [0.15, 0.2) is 0 Å². The van der Waals surface area contributed by atoms with Gasteiger partial charge in [0.25, 0.3) is 0 Å². The van der Waals surface area contributed by atoms with Gasteiger partial charge in [0.1, 0.15) is 0 Å². The van der Waals surface area contributed by atoms with Gasteiger partial charge in [-0.3, -0.25) is 4.79 Å². The molecule has 23 heavy (non-hydrogen) atoms. The third-order valence-electron chi connectivity index (χ3n) is 4.65. The minimum Gasteiger partial charge on any atom is -0.343 e. The van der Waals surface area contributed by atoms with Gasteiger partial charge in [-0.05, 0) is 50.3 Å². The topological polar surface area (TPSA) is 32.3 Å². The van der Waals surface area contributed by atoms with E-state index >= 15 is 0 Å². The Balaban J connectivity index is 1.33. The molecule has 2 fully saturated rings. The average molecular weight is 353 g/mol. The van der Waals surface area contributed by atoms with Crippen molar-refractivity contribution in [1.29, 1.82) is 0 Å². The molecule has 1 aliphatic carbocycles. The molecule has 0 bridgehead atoms. The minimum absolute atomic E-state index is 0.283. The molecular formula is C18H25ClN2OS. The van der Waals surface area contributed by atoms with Gasteiger partial charge < -0.3 is 10.2 Å². The lowest BCUT2D eigenvalue weighted by Gasteiger charge is -2.32. The van der Waals surface area contributed by atoms with Crippen LogP contribution in [0.2, 0.25) is 5.02 Å². The molecule has 1 aliphatic heterocycles. The van der Waals surface area contributed by atoms with E-state index in [4.69, 9.17) is 11.6 Å². The van der Waals surface area contributed by atoms with Crippen LogP contribution in [-0.2, 0) is 4.79 Å². The molecule has 1 aromatic rings. The number of amides is 1. The van der Waals surface area contributed by atoms with E-state index in [2.05, 4.69) is 5.32 Å². The van der Waals surface area contributed by atoms with Crippen molar-refractivity contribution < 1.29 is 4.79 Å². The number of nitrogens with zero attached hydrogens (tertiary/aromatic N) is 1. The Morgan fingerprint density at radius 3 is 2.65 bits per heavy atom. The molecule has 1 amide bonds. The number of carbonyl (C=O) groups is 1. The SMILES string of the molecule is O=C(CCSc1ccccc1Cl)N1CCC(NCC2CC2)CC1. The van der Waals surface area contributed by atoms with Crippen LogP contribution in [0.5, 0.6) is 0 Å². The maximum atomic E-state index is 12.3. The lowest BCUT2D eigenvalue weighted by molar-refractivity contribution is -0.131. The summed E-state index contributed by atoms with van der Waals surface area (Å²) in [4.78, 5) is 15.4. The number of nitrogens with one attached hydrogen (secondary N) is 1. The summed E-state index contributed by atoms with van der Waals surface area (Å²) >= 11 is 7.80. The number of hydrogen-bond acceptors (Lipinski definition) is 3. The summed E-state index contributed by atoms with van der Waals surface area (Å²) in [6.45, 7) is 2.98. The monoisotopic (exact) mass is 352 g/mol. The second-order valence-electron chi connectivity index (χ2n) is 6.54. The number of hydrogen-bond donors (Lipinski definition) is 1. The first-order valence-corrected chi connectivity index (χ1v) is 9.97. The van der Waals surface area contributed by atoms with E-state index in [9.17, 15) is 4.79 Å². The zero-order valence-corrected chi connectivity index (χ0v) is 15.0. The fourth-order valence-electron chi connectivity index (χ4n) is 2.96. The van der Waals surface area contributed by atoms with Crippen molar-refractivity contribution in [1.82, 2.24) is 10.2 Å². The van der Waals surface area contributed by atoms with Crippen LogP contribution in [0.25, 0.3) is 0 Å². The molecule has 0 aromatic heterocycles. The van der Waals surface area contributed by atoms with Crippen molar-refractivity contribution in [2.24, 2.45) is 5.92 Å². The van der Waals surface area contributed by atoms with Crippen LogP contribution in [0.3, 0.4) is 0 Å². The van der Waals surface area contributed by atoms with Crippen LogP contribution < -0.4 is 5.32 Å². The van der Waals surface area contributed by atoms with E-state index in [1.807, 2.05) is 29.2 Å². The normalized spacial score (nSPS) is 19.1. The van der Waals surface area contributed by atoms with E-state index in [-0.39, 0.29) is 5.91 Å². The summed E-state index contributed by atoms with van der Waals surface area (Å²) in [6, 6.07) is 8.42. The molecule has 1 N–H and O–H groups in total. The highest BCUT2D eigenvalue weighted by Crippen LogP contribution is 2.28. The van der Waals surface area contributed by atoms with Gasteiger partial charge in [-0.1, -0.05) is 23.7 Å². The fourth-order valence-corrected chi connectivity index (χ4v) is 4.13. The minimum atomic E-state index is 0.283. The molecule has 3 nitrogen and oxygen atoms in total. The average Bonchev–Trinajstić information content (AvgIpc) is 3.39. The van der Waals surface area contributed by atoms with Gasteiger partial charge in [-0.25, -0.2) is 0 Å². The lowest BCUT2D eigenvalue weighted by Crippen LogP contribution is -2.45. The molecule has 0 radical (unpaired) electrons. The largest absolute Gasteiger partial charge is 0.343 e. The zero-order valence-electron chi connectivity index (χ0n) is 13.5. The quantitative estimate of drug-likeness (QED) is 0.757. The van der Waals surface area contributed by atoms with E-state index in [1.54, 1.807) is 11.8 Å². The van der Waals surface area contributed by atoms with Crippen molar-refractivity contribution >= 4 is 29.3 Å². The zero-order chi connectivity index (χ0) is 16.1. The van der Waals surface area contributed by atoms with Crippen LogP contribution in [0.4, 0.5) is 0 Å². The summed E-state index contributed by atoms with van der Waals surface area (Å²) in [7, 11) is 0. The number of halogens is 1. The molecule has 0 spiro atoms. The molecular weight excluding hydrogens is 328 g/mol. The Labute approximate surface area is 148 Å². The van der Waals surface area contributed by atoms with Crippen molar-refractivity contribution in [2.45, 2.75) is 43.0 Å². The molecule has 2 aliphatic rings. The van der Waals surface area contributed by atoms with Gasteiger partial charge in [0.2, 0.25) is 5.91 Å². The predicted molar refractivity (Wildman–Crippen MR) is 97.1 cm³/mol. The Morgan fingerprint density at radius 1 is 1.22 bits per heavy atom. The highest BCUT2D eigenvalue weighted by Gasteiger charge is 2.25. The van der Waals surface area contributed by atoms with Gasteiger partial charge in [-0.2, -0.15) is 0 Å². The van der Waals surface area contributed by atoms with Crippen molar-refractivity contribution in [2.75, 3.05) is 25.4 Å². The first-order chi connectivity index (χ1) is 11.2. The Hall–Kier alpha value is -0.710. The number of rotatable bonds is 7. The van der Waals surface area contributed by atoms with Crippen LogP contribution in [0.1, 0.15) is 32.1 Å². The van der Waals surface area contributed by atoms with E-state index < -0.39 is 0 Å². The second-order valence-corrected chi connectivity index (χ2v) is 8.08. The highest BCUT2D eigenvalue weighted by atomic mass is 35.5. The van der Waals surface area contributed by atoms with E-state index in [0.717, 1.165) is 47.5 Å². The highest BCUT2D eigenvalue weighted by molar-refractivity contribution is 7.99. The molecule has 126 valence electrons. The second kappa shape index (κ2) is 8.41. The molecule has 0 unspecified atom stereocenters. The van der Waals surface area contributed by atoms with Crippen LogP contribution >= 0.6 is 23.4 Å². The molecule has 1 aromatic carbocycles. The summed E-state index contributed by atoms with van der Waals surface area (Å²) in [5, 5.41) is 4.43. The number of piperidine rings is 1. The standard InChI is InChI=1S/C18H25ClN2OS/c19-16-3-1-2-4-17(16)23-12-9-18(22)21-10-7-15(8-11-21)20-13-14-5-6-14/h1-4,14-15,20H,5-13H2. The number of likely N-dealkylation sites (tertiary alicyclic amines) is 1. The Kier molecular flexibility index (Phi) is 6.26. The molecule has 0 atom stereocenters. The fraction of sp³-hybridized carbons (Fsp3) is 0.611. The Morgan fingerprint density at radius 2 is 1.96 bits per heavy atom. The van der Waals surface area contributed by atoms with E-state index in [1.165, 1.54) is 19.4 Å². The maximum Gasteiger partial charge on any atom is 0.223 e. The first-order valence-electron chi connectivity index (χ1n) is 8.61. The molecule has 1 saturated carbocycles. The maximum absolute atomic E-state index is 12.3. The number of thioether (sulfide) groups is 1. The summed E-state index contributed by atoms with van der Waals surface area (Å²) in [6.07, 6.45) is 5.57. The van der Waals surface area contributed by atoms with Crippen molar-refractivity contribution in [3.05, 3.63) is 29.3 Å². The van der Waals surface area contributed by atoms with Gasteiger partial charge in [0.05, 0.1) is 5.02 Å². The molecule has 5 heteroatoms. The predicted octanol–water partition coefficient (Wildman–Crippen LogP) is 3.81.